The molecule has 0 unspecified atom stereocenters. The molecule has 4 nitrogen and oxygen atoms in total. The van der Waals surface area contributed by atoms with Crippen molar-refractivity contribution in [3.8, 4) is 0 Å². The van der Waals surface area contributed by atoms with Crippen molar-refractivity contribution in [3.05, 3.63) is 21.9 Å². The van der Waals surface area contributed by atoms with Crippen molar-refractivity contribution in [3.63, 3.8) is 0 Å². The summed E-state index contributed by atoms with van der Waals surface area (Å²) in [5.74, 6) is -1.71. The van der Waals surface area contributed by atoms with Gasteiger partial charge in [-0.2, -0.15) is 18.3 Å². The van der Waals surface area contributed by atoms with Gasteiger partial charge in [0, 0.05) is 0 Å². The third-order valence-corrected chi connectivity index (χ3v) is 1.88. The summed E-state index contributed by atoms with van der Waals surface area (Å²) < 4.78 is 36.3. The summed E-state index contributed by atoms with van der Waals surface area (Å²) in [5, 5.41) is 14.7. The third-order valence-electron chi connectivity index (χ3n) is 1.33. The van der Waals surface area contributed by atoms with E-state index in [2.05, 4.69) is 26.1 Å². The van der Waals surface area contributed by atoms with Crippen molar-refractivity contribution in [2.24, 2.45) is 0 Å². The maximum Gasteiger partial charge on any atom is 0.418 e. The first-order valence-electron chi connectivity index (χ1n) is 3.15. The molecule has 0 aliphatic carbocycles. The maximum atomic E-state index is 12.2. The number of halogens is 4. The van der Waals surface area contributed by atoms with Crippen LogP contribution in [-0.2, 0) is 6.18 Å². The lowest BCUT2D eigenvalue weighted by Crippen LogP contribution is -2.15. The van der Waals surface area contributed by atoms with Gasteiger partial charge in [-0.05, 0) is 15.9 Å². The van der Waals surface area contributed by atoms with Gasteiger partial charge >= 0.3 is 12.1 Å². The van der Waals surface area contributed by atoms with E-state index in [4.69, 9.17) is 5.11 Å². The summed E-state index contributed by atoms with van der Waals surface area (Å²) in [6.45, 7) is 0. The molecule has 0 saturated carbocycles. The second-order valence-corrected chi connectivity index (χ2v) is 2.98. The Labute approximate surface area is 83.9 Å². The number of alkyl halides is 3. The lowest BCUT2D eigenvalue weighted by atomic mass is 10.1. The maximum absolute atomic E-state index is 12.2. The van der Waals surface area contributed by atoms with E-state index in [0.717, 1.165) is 0 Å². The Kier molecular flexibility index (Phi) is 2.74. The highest BCUT2D eigenvalue weighted by molar-refractivity contribution is 9.10. The monoisotopic (exact) mass is 270 g/mol. The number of hydrogen-bond donors (Lipinski definition) is 1. The predicted molar refractivity (Wildman–Crippen MR) is 41.7 cm³/mol. The minimum absolute atomic E-state index is 0.369. The van der Waals surface area contributed by atoms with Crippen LogP contribution in [0.25, 0.3) is 0 Å². The van der Waals surface area contributed by atoms with Gasteiger partial charge in [0.25, 0.3) is 0 Å². The normalized spacial score (nSPS) is 11.4. The fraction of sp³-hybridized carbons (Fsp3) is 0.167. The molecule has 0 saturated heterocycles. The minimum Gasteiger partial charge on any atom is -0.478 e. The zero-order valence-electron chi connectivity index (χ0n) is 6.34. The summed E-state index contributed by atoms with van der Waals surface area (Å²) >= 11 is 2.59. The Morgan fingerprint density at radius 1 is 1.50 bits per heavy atom. The van der Waals surface area contributed by atoms with E-state index in [1.54, 1.807) is 0 Å². The lowest BCUT2D eigenvalue weighted by Gasteiger charge is -2.09. The van der Waals surface area contributed by atoms with Crippen LogP contribution >= 0.6 is 15.9 Å². The molecule has 0 bridgehead atoms. The molecular weight excluding hydrogens is 269 g/mol. The van der Waals surface area contributed by atoms with Crippen molar-refractivity contribution < 1.29 is 23.1 Å². The van der Waals surface area contributed by atoms with Crippen LogP contribution in [-0.4, -0.2) is 21.3 Å². The van der Waals surface area contributed by atoms with Gasteiger partial charge in [-0.3, -0.25) is 0 Å². The topological polar surface area (TPSA) is 63.1 Å². The zero-order chi connectivity index (χ0) is 10.9. The van der Waals surface area contributed by atoms with E-state index < -0.39 is 27.9 Å². The van der Waals surface area contributed by atoms with Crippen molar-refractivity contribution in [2.45, 2.75) is 6.18 Å². The molecule has 0 atom stereocenters. The highest BCUT2D eigenvalue weighted by Crippen LogP contribution is 2.33. The SMILES string of the molecule is O=C(O)c1c(C(F)(F)F)cnnc1Br. The molecule has 1 aromatic rings. The molecule has 1 heterocycles. The summed E-state index contributed by atoms with van der Waals surface area (Å²) in [6, 6.07) is 0. The van der Waals surface area contributed by atoms with Crippen LogP contribution in [0, 0.1) is 0 Å². The molecule has 14 heavy (non-hydrogen) atoms. The number of aromatic nitrogens is 2. The molecule has 1 rings (SSSR count). The van der Waals surface area contributed by atoms with Crippen LogP contribution in [0.3, 0.4) is 0 Å². The number of nitrogens with zero attached hydrogens (tertiary/aromatic N) is 2. The minimum atomic E-state index is -4.76. The van der Waals surface area contributed by atoms with E-state index in [1.807, 2.05) is 0 Å². The summed E-state index contributed by atoms with van der Waals surface area (Å²) in [7, 11) is 0. The molecule has 8 heteroatoms. The van der Waals surface area contributed by atoms with Crippen LogP contribution in [0.5, 0.6) is 0 Å². The quantitative estimate of drug-likeness (QED) is 0.847. The molecule has 1 N–H and O–H groups in total. The summed E-state index contributed by atoms with van der Waals surface area (Å²) in [6.07, 6.45) is -4.39. The van der Waals surface area contributed by atoms with Gasteiger partial charge in [-0.1, -0.05) is 0 Å². The van der Waals surface area contributed by atoms with E-state index in [-0.39, 0.29) is 0 Å². The van der Waals surface area contributed by atoms with Gasteiger partial charge in [-0.15, -0.1) is 5.10 Å². The number of rotatable bonds is 1. The van der Waals surface area contributed by atoms with Crippen molar-refractivity contribution in [2.75, 3.05) is 0 Å². The second kappa shape index (κ2) is 3.52. The Hall–Kier alpha value is -1.18. The van der Waals surface area contributed by atoms with Gasteiger partial charge in [0.1, 0.15) is 10.2 Å². The Bertz CT molecular complexity index is 380. The van der Waals surface area contributed by atoms with Crippen LogP contribution in [0.1, 0.15) is 15.9 Å². The first kappa shape index (κ1) is 10.9. The van der Waals surface area contributed by atoms with Gasteiger partial charge in [0.2, 0.25) is 0 Å². The molecule has 0 aliphatic heterocycles. The lowest BCUT2D eigenvalue weighted by molar-refractivity contribution is -0.138. The number of carboxylic acid groups (broad SMARTS) is 1. The highest BCUT2D eigenvalue weighted by atomic mass is 79.9. The Morgan fingerprint density at radius 2 is 2.07 bits per heavy atom. The van der Waals surface area contributed by atoms with Crippen LogP contribution in [0.2, 0.25) is 0 Å². The van der Waals surface area contributed by atoms with Crippen LogP contribution in [0.4, 0.5) is 13.2 Å². The molecule has 0 spiro atoms. The fourth-order valence-corrected chi connectivity index (χ4v) is 1.26. The van der Waals surface area contributed by atoms with Crippen LogP contribution < -0.4 is 0 Å². The second-order valence-electron chi connectivity index (χ2n) is 2.23. The average molecular weight is 271 g/mol. The van der Waals surface area contributed by atoms with Gasteiger partial charge in [-0.25, -0.2) is 4.79 Å². The van der Waals surface area contributed by atoms with E-state index in [0.29, 0.717) is 6.20 Å². The predicted octanol–water partition coefficient (Wildman–Crippen LogP) is 1.96. The molecule has 0 aromatic carbocycles. The molecule has 0 aliphatic rings. The molecule has 76 valence electrons. The average Bonchev–Trinajstić information content (AvgIpc) is 2.01. The summed E-state index contributed by atoms with van der Waals surface area (Å²) in [4.78, 5) is 10.5. The zero-order valence-corrected chi connectivity index (χ0v) is 7.93. The molecule has 0 fully saturated rings. The number of aromatic carboxylic acids is 1. The molecule has 0 radical (unpaired) electrons. The largest absolute Gasteiger partial charge is 0.478 e. The Balaban J connectivity index is 3.44. The van der Waals surface area contributed by atoms with E-state index >= 15 is 0 Å². The van der Waals surface area contributed by atoms with E-state index in [1.165, 1.54) is 0 Å². The third kappa shape index (κ3) is 2.00. The number of carboxylic acids is 1. The number of hydrogen-bond acceptors (Lipinski definition) is 3. The summed E-state index contributed by atoms with van der Waals surface area (Å²) in [5.41, 5.74) is -2.26. The molecule has 0 amide bonds. The van der Waals surface area contributed by atoms with Crippen molar-refractivity contribution >= 4 is 21.9 Å². The van der Waals surface area contributed by atoms with Crippen molar-refractivity contribution in [1.82, 2.24) is 10.2 Å². The van der Waals surface area contributed by atoms with Gasteiger partial charge in [0.15, 0.2) is 0 Å². The first-order valence-corrected chi connectivity index (χ1v) is 3.95. The van der Waals surface area contributed by atoms with E-state index in [9.17, 15) is 18.0 Å². The van der Waals surface area contributed by atoms with Gasteiger partial charge in [0.05, 0.1) is 11.8 Å². The first-order chi connectivity index (χ1) is 6.34. The fourth-order valence-electron chi connectivity index (χ4n) is 0.781. The Morgan fingerprint density at radius 3 is 2.43 bits per heavy atom. The molecular formula is C6H2BrF3N2O2. The highest BCUT2D eigenvalue weighted by Gasteiger charge is 2.37. The standard InChI is InChI=1S/C6H2BrF3N2O2/c7-4-3(5(13)14)2(1-11-12-4)6(8,9)10/h1H,(H,13,14). The van der Waals surface area contributed by atoms with Crippen molar-refractivity contribution in [1.29, 1.82) is 0 Å². The van der Waals surface area contributed by atoms with Crippen LogP contribution in [0.15, 0.2) is 10.8 Å². The number of carbonyl (C=O) groups is 1. The smallest absolute Gasteiger partial charge is 0.418 e. The van der Waals surface area contributed by atoms with Gasteiger partial charge < -0.3 is 5.11 Å². The molecule has 1 aromatic heterocycles.